The van der Waals surface area contributed by atoms with E-state index in [0.29, 0.717) is 12.8 Å². The van der Waals surface area contributed by atoms with E-state index in [4.69, 9.17) is 0 Å². The van der Waals surface area contributed by atoms with Crippen LogP contribution in [0.2, 0.25) is 0 Å². The number of para-hydroxylation sites is 1. The van der Waals surface area contributed by atoms with Gasteiger partial charge in [-0.3, -0.25) is 4.79 Å². The summed E-state index contributed by atoms with van der Waals surface area (Å²) in [6, 6.07) is 14.4. The molecule has 1 aliphatic rings. The molecule has 1 N–H and O–H groups in total. The first-order valence-corrected chi connectivity index (χ1v) is 9.36. The van der Waals surface area contributed by atoms with Gasteiger partial charge in [0.25, 0.3) is 0 Å². The van der Waals surface area contributed by atoms with Crippen LogP contribution in [-0.4, -0.2) is 10.9 Å². The number of fused-ring (bicyclic) bond motifs is 2. The maximum atomic E-state index is 12.4. The summed E-state index contributed by atoms with van der Waals surface area (Å²) in [5.74, 6) is 0.0771. The highest BCUT2D eigenvalue weighted by molar-refractivity contribution is 7.18. The van der Waals surface area contributed by atoms with Crippen molar-refractivity contribution in [3.8, 4) is 0 Å². The summed E-state index contributed by atoms with van der Waals surface area (Å²) in [6.45, 7) is 0. The van der Waals surface area contributed by atoms with Crippen LogP contribution in [-0.2, 0) is 24.1 Å². The van der Waals surface area contributed by atoms with Gasteiger partial charge in [0.05, 0.1) is 15.2 Å². The third-order valence-electron chi connectivity index (χ3n) is 4.57. The molecule has 4 heteroatoms. The number of aryl methyl sites for hydroxylation is 2. The molecule has 0 saturated heterocycles. The van der Waals surface area contributed by atoms with Crippen LogP contribution in [0.1, 0.15) is 35.4 Å². The summed E-state index contributed by atoms with van der Waals surface area (Å²) < 4.78 is 1.19. The lowest BCUT2D eigenvalue weighted by atomic mass is 9.90. The number of rotatable bonds is 4. The van der Waals surface area contributed by atoms with Gasteiger partial charge in [0.15, 0.2) is 0 Å². The molecule has 0 spiro atoms. The maximum absolute atomic E-state index is 12.4. The minimum atomic E-state index is 0.0771. The van der Waals surface area contributed by atoms with Crippen molar-refractivity contribution in [1.29, 1.82) is 0 Å². The minimum Gasteiger partial charge on any atom is -0.326 e. The van der Waals surface area contributed by atoms with Crippen molar-refractivity contribution >= 4 is 33.1 Å². The Hall–Kier alpha value is -2.20. The summed E-state index contributed by atoms with van der Waals surface area (Å²) in [6.07, 6.45) is 5.84. The SMILES string of the molecule is O=C(CCc1nc2ccccc2s1)Nc1cccc2c1CCCC2. The van der Waals surface area contributed by atoms with Crippen molar-refractivity contribution in [2.75, 3.05) is 5.32 Å². The van der Waals surface area contributed by atoms with Gasteiger partial charge >= 0.3 is 0 Å². The summed E-state index contributed by atoms with van der Waals surface area (Å²) in [5, 5.41) is 4.14. The van der Waals surface area contributed by atoms with Crippen LogP contribution in [0.25, 0.3) is 10.2 Å². The molecule has 122 valence electrons. The Morgan fingerprint density at radius 3 is 2.88 bits per heavy atom. The molecule has 1 amide bonds. The highest BCUT2D eigenvalue weighted by Crippen LogP contribution is 2.28. The molecule has 24 heavy (non-hydrogen) atoms. The first kappa shape index (κ1) is 15.3. The Morgan fingerprint density at radius 2 is 1.96 bits per heavy atom. The number of nitrogens with zero attached hydrogens (tertiary/aromatic N) is 1. The van der Waals surface area contributed by atoms with Crippen LogP contribution in [0, 0.1) is 0 Å². The number of carbonyl (C=O) groups is 1. The largest absolute Gasteiger partial charge is 0.326 e. The molecule has 1 aliphatic carbocycles. The van der Waals surface area contributed by atoms with Gasteiger partial charge in [-0.1, -0.05) is 24.3 Å². The number of hydrogen-bond donors (Lipinski definition) is 1. The molecule has 3 nitrogen and oxygen atoms in total. The van der Waals surface area contributed by atoms with E-state index in [1.807, 2.05) is 30.3 Å². The van der Waals surface area contributed by atoms with E-state index in [1.54, 1.807) is 11.3 Å². The quantitative estimate of drug-likeness (QED) is 0.747. The van der Waals surface area contributed by atoms with Gasteiger partial charge in [0.2, 0.25) is 5.91 Å². The van der Waals surface area contributed by atoms with Crippen LogP contribution in [0.3, 0.4) is 0 Å². The first-order valence-electron chi connectivity index (χ1n) is 8.55. The summed E-state index contributed by atoms with van der Waals surface area (Å²) in [4.78, 5) is 17.0. The summed E-state index contributed by atoms with van der Waals surface area (Å²) in [5.41, 5.74) is 4.75. The zero-order valence-electron chi connectivity index (χ0n) is 13.5. The van der Waals surface area contributed by atoms with Crippen LogP contribution in [0.15, 0.2) is 42.5 Å². The fraction of sp³-hybridized carbons (Fsp3) is 0.300. The number of amides is 1. The lowest BCUT2D eigenvalue weighted by molar-refractivity contribution is -0.116. The third kappa shape index (κ3) is 3.20. The van der Waals surface area contributed by atoms with Gasteiger partial charge < -0.3 is 5.32 Å². The molecule has 2 aromatic carbocycles. The molecule has 3 aromatic rings. The predicted molar refractivity (Wildman–Crippen MR) is 99.7 cm³/mol. The molecule has 0 saturated carbocycles. The fourth-order valence-corrected chi connectivity index (χ4v) is 4.33. The van der Waals surface area contributed by atoms with E-state index in [1.165, 1.54) is 28.7 Å². The lowest BCUT2D eigenvalue weighted by Gasteiger charge is -2.19. The van der Waals surface area contributed by atoms with Gasteiger partial charge in [-0.2, -0.15) is 0 Å². The van der Waals surface area contributed by atoms with Gasteiger partial charge in [-0.15, -0.1) is 11.3 Å². The number of nitrogens with one attached hydrogen (secondary N) is 1. The molecule has 0 atom stereocenters. The third-order valence-corrected chi connectivity index (χ3v) is 5.67. The van der Waals surface area contributed by atoms with Gasteiger partial charge in [-0.05, 0) is 55.0 Å². The average Bonchev–Trinajstić information content (AvgIpc) is 3.03. The maximum Gasteiger partial charge on any atom is 0.224 e. The Labute approximate surface area is 145 Å². The molecule has 0 bridgehead atoms. The number of aromatic nitrogens is 1. The van der Waals surface area contributed by atoms with Crippen LogP contribution in [0.4, 0.5) is 5.69 Å². The fourth-order valence-electron chi connectivity index (χ4n) is 3.36. The number of carbonyl (C=O) groups excluding carboxylic acids is 1. The second-order valence-electron chi connectivity index (χ2n) is 6.27. The topological polar surface area (TPSA) is 42.0 Å². The zero-order valence-corrected chi connectivity index (χ0v) is 14.4. The van der Waals surface area contributed by atoms with Crippen molar-refractivity contribution in [2.45, 2.75) is 38.5 Å². The molecular formula is C20H20N2OS. The Balaban J connectivity index is 1.42. The number of thiazole rings is 1. The molecule has 0 fully saturated rings. The minimum absolute atomic E-state index is 0.0771. The molecule has 0 unspecified atom stereocenters. The predicted octanol–water partition coefficient (Wildman–Crippen LogP) is 4.75. The second-order valence-corrected chi connectivity index (χ2v) is 7.39. The van der Waals surface area contributed by atoms with E-state index in [-0.39, 0.29) is 5.91 Å². The molecule has 1 heterocycles. The summed E-state index contributed by atoms with van der Waals surface area (Å²) in [7, 11) is 0. The van der Waals surface area contributed by atoms with E-state index >= 15 is 0 Å². The molecular weight excluding hydrogens is 316 g/mol. The van der Waals surface area contributed by atoms with Crippen molar-refractivity contribution in [1.82, 2.24) is 4.98 Å². The van der Waals surface area contributed by atoms with Crippen LogP contribution >= 0.6 is 11.3 Å². The van der Waals surface area contributed by atoms with Crippen molar-refractivity contribution in [3.05, 3.63) is 58.6 Å². The Morgan fingerprint density at radius 1 is 1.08 bits per heavy atom. The molecule has 4 rings (SSSR count). The highest BCUT2D eigenvalue weighted by atomic mass is 32.1. The number of anilines is 1. The first-order chi connectivity index (χ1) is 11.8. The number of hydrogen-bond acceptors (Lipinski definition) is 3. The molecule has 0 aliphatic heterocycles. The van der Waals surface area contributed by atoms with Gasteiger partial charge in [0, 0.05) is 18.5 Å². The Kier molecular flexibility index (Phi) is 4.30. The summed E-state index contributed by atoms with van der Waals surface area (Å²) >= 11 is 1.68. The standard InChI is InChI=1S/C20H20N2OS/c23-19(12-13-20-22-17-9-3-4-11-18(17)24-20)21-16-10-5-7-14-6-1-2-8-15(14)16/h3-5,7,9-11H,1-2,6,8,12-13H2,(H,21,23). The smallest absolute Gasteiger partial charge is 0.224 e. The van der Waals surface area contributed by atoms with E-state index < -0.39 is 0 Å². The van der Waals surface area contributed by atoms with Crippen molar-refractivity contribution < 1.29 is 4.79 Å². The van der Waals surface area contributed by atoms with Crippen LogP contribution in [0.5, 0.6) is 0 Å². The molecule has 1 aromatic heterocycles. The van der Waals surface area contributed by atoms with Gasteiger partial charge in [-0.25, -0.2) is 4.98 Å². The van der Waals surface area contributed by atoms with Crippen LogP contribution < -0.4 is 5.32 Å². The van der Waals surface area contributed by atoms with Crippen molar-refractivity contribution in [2.24, 2.45) is 0 Å². The normalized spacial score (nSPS) is 13.7. The second kappa shape index (κ2) is 6.73. The van der Waals surface area contributed by atoms with Gasteiger partial charge in [0.1, 0.15) is 0 Å². The van der Waals surface area contributed by atoms with E-state index in [9.17, 15) is 4.79 Å². The monoisotopic (exact) mass is 336 g/mol. The van der Waals surface area contributed by atoms with E-state index in [2.05, 4.69) is 22.4 Å². The lowest BCUT2D eigenvalue weighted by Crippen LogP contribution is -2.15. The Bertz CT molecular complexity index is 851. The molecule has 0 radical (unpaired) electrons. The number of benzene rings is 2. The zero-order chi connectivity index (χ0) is 16.4. The van der Waals surface area contributed by atoms with Crippen molar-refractivity contribution in [3.63, 3.8) is 0 Å². The van der Waals surface area contributed by atoms with E-state index in [0.717, 1.165) is 29.1 Å². The highest BCUT2D eigenvalue weighted by Gasteiger charge is 2.14. The average molecular weight is 336 g/mol.